The van der Waals surface area contributed by atoms with E-state index in [0.717, 1.165) is 11.1 Å². The molecule has 0 spiro atoms. The van der Waals surface area contributed by atoms with Crippen LogP contribution in [0.25, 0.3) is 12.2 Å². The molecule has 0 aliphatic rings. The Balaban J connectivity index is 1.77. The third kappa shape index (κ3) is 5.67. The van der Waals surface area contributed by atoms with Gasteiger partial charge in [0.25, 0.3) is 0 Å². The number of carbonyl (C=O) groups excluding carboxylic acids is 1. The van der Waals surface area contributed by atoms with Crippen LogP contribution in [-0.2, 0) is 9.53 Å². The molecule has 0 aliphatic carbocycles. The second kappa shape index (κ2) is 8.08. The van der Waals surface area contributed by atoms with Gasteiger partial charge in [-0.25, -0.2) is 4.79 Å². The summed E-state index contributed by atoms with van der Waals surface area (Å²) in [7, 11) is 0. The lowest BCUT2D eigenvalue weighted by Gasteiger charge is -1.97. The van der Waals surface area contributed by atoms with Crippen molar-refractivity contribution in [3.63, 3.8) is 0 Å². The van der Waals surface area contributed by atoms with Crippen LogP contribution in [0.2, 0.25) is 5.02 Å². The smallest absolute Gasteiger partial charge is 0.331 e. The fourth-order valence-electron chi connectivity index (χ4n) is 1.66. The van der Waals surface area contributed by atoms with Crippen molar-refractivity contribution in [2.24, 2.45) is 0 Å². The van der Waals surface area contributed by atoms with E-state index >= 15 is 0 Å². The van der Waals surface area contributed by atoms with Crippen molar-refractivity contribution in [3.8, 4) is 0 Å². The first-order chi connectivity index (χ1) is 10.2. The molecule has 0 N–H and O–H groups in total. The highest BCUT2D eigenvalue weighted by Crippen LogP contribution is 2.10. The zero-order valence-corrected chi connectivity index (χ0v) is 12.2. The summed E-state index contributed by atoms with van der Waals surface area (Å²) >= 11 is 5.79. The van der Waals surface area contributed by atoms with E-state index in [1.54, 1.807) is 18.2 Å². The van der Waals surface area contributed by atoms with Gasteiger partial charge in [0.15, 0.2) is 0 Å². The predicted octanol–water partition coefficient (Wildman–Crippen LogP) is 4.61. The highest BCUT2D eigenvalue weighted by Gasteiger charge is 1.95. The van der Waals surface area contributed by atoms with E-state index in [4.69, 9.17) is 16.3 Å². The Kier molecular flexibility index (Phi) is 5.80. The maximum atomic E-state index is 11.5. The highest BCUT2D eigenvalue weighted by atomic mass is 35.5. The Morgan fingerprint density at radius 3 is 2.33 bits per heavy atom. The van der Waals surface area contributed by atoms with Gasteiger partial charge in [-0.2, -0.15) is 0 Å². The van der Waals surface area contributed by atoms with Crippen LogP contribution in [-0.4, -0.2) is 12.6 Å². The van der Waals surface area contributed by atoms with Crippen LogP contribution in [0, 0.1) is 0 Å². The van der Waals surface area contributed by atoms with Gasteiger partial charge in [0.05, 0.1) is 0 Å². The van der Waals surface area contributed by atoms with Gasteiger partial charge in [-0.1, -0.05) is 60.1 Å². The molecule has 0 bridgehead atoms. The molecule has 0 radical (unpaired) electrons. The van der Waals surface area contributed by atoms with Gasteiger partial charge in [0.2, 0.25) is 0 Å². The molecule has 106 valence electrons. The molecule has 0 atom stereocenters. The zero-order valence-electron chi connectivity index (χ0n) is 11.4. The number of rotatable bonds is 5. The van der Waals surface area contributed by atoms with Crippen molar-refractivity contribution in [3.05, 3.63) is 82.9 Å². The Morgan fingerprint density at radius 2 is 1.62 bits per heavy atom. The Morgan fingerprint density at radius 1 is 0.952 bits per heavy atom. The number of carbonyl (C=O) groups is 1. The van der Waals surface area contributed by atoms with E-state index in [1.807, 2.05) is 54.6 Å². The summed E-state index contributed by atoms with van der Waals surface area (Å²) in [6.45, 7) is 0.249. The van der Waals surface area contributed by atoms with Gasteiger partial charge in [-0.05, 0) is 35.4 Å². The summed E-state index contributed by atoms with van der Waals surface area (Å²) in [5.74, 6) is -0.373. The third-order valence-electron chi connectivity index (χ3n) is 2.71. The van der Waals surface area contributed by atoms with Crippen LogP contribution in [0.4, 0.5) is 0 Å². The standard InChI is InChI=1S/C18H15ClO2/c19-17-11-8-16(9-12-17)10-13-18(20)21-14-4-7-15-5-2-1-3-6-15/h1-13H,14H2/b7-4+,13-10+. The van der Waals surface area contributed by atoms with Crippen molar-refractivity contribution >= 4 is 29.7 Å². The van der Waals surface area contributed by atoms with E-state index in [0.29, 0.717) is 5.02 Å². The number of benzene rings is 2. The molecule has 2 rings (SSSR count). The molecule has 3 heteroatoms. The topological polar surface area (TPSA) is 26.3 Å². The largest absolute Gasteiger partial charge is 0.458 e. The molecule has 21 heavy (non-hydrogen) atoms. The summed E-state index contributed by atoms with van der Waals surface area (Å²) < 4.78 is 5.07. The summed E-state index contributed by atoms with van der Waals surface area (Å²) in [6.07, 6.45) is 6.82. The molecular weight excluding hydrogens is 284 g/mol. The molecular formula is C18H15ClO2. The van der Waals surface area contributed by atoms with Crippen molar-refractivity contribution in [2.75, 3.05) is 6.61 Å². The summed E-state index contributed by atoms with van der Waals surface area (Å²) in [4.78, 5) is 11.5. The molecule has 0 fully saturated rings. The lowest BCUT2D eigenvalue weighted by molar-refractivity contribution is -0.136. The van der Waals surface area contributed by atoms with Gasteiger partial charge in [-0.3, -0.25) is 0 Å². The summed E-state index contributed by atoms with van der Waals surface area (Å²) in [5, 5.41) is 0.667. The molecule has 0 aliphatic heterocycles. The van der Waals surface area contributed by atoms with Crippen LogP contribution in [0.15, 0.2) is 66.7 Å². The number of esters is 1. The lowest BCUT2D eigenvalue weighted by Crippen LogP contribution is -1.99. The SMILES string of the molecule is O=C(/C=C/c1ccc(Cl)cc1)OC/C=C/c1ccccc1. The van der Waals surface area contributed by atoms with Gasteiger partial charge < -0.3 is 4.74 Å². The minimum atomic E-state index is -0.373. The van der Waals surface area contributed by atoms with Crippen molar-refractivity contribution < 1.29 is 9.53 Å². The highest BCUT2D eigenvalue weighted by molar-refractivity contribution is 6.30. The predicted molar refractivity (Wildman–Crippen MR) is 86.9 cm³/mol. The van der Waals surface area contributed by atoms with E-state index < -0.39 is 0 Å². The normalized spacial score (nSPS) is 11.1. The Labute approximate surface area is 129 Å². The van der Waals surface area contributed by atoms with Crippen LogP contribution in [0.5, 0.6) is 0 Å². The Bertz CT molecular complexity index is 628. The van der Waals surface area contributed by atoms with Crippen LogP contribution in [0.1, 0.15) is 11.1 Å². The van der Waals surface area contributed by atoms with E-state index in [2.05, 4.69) is 0 Å². The average Bonchev–Trinajstić information content (AvgIpc) is 2.52. The quantitative estimate of drug-likeness (QED) is 0.595. The first kappa shape index (κ1) is 15.1. The second-order valence-corrected chi connectivity index (χ2v) is 4.76. The van der Waals surface area contributed by atoms with Crippen LogP contribution in [0.3, 0.4) is 0 Å². The van der Waals surface area contributed by atoms with Crippen molar-refractivity contribution in [1.29, 1.82) is 0 Å². The minimum Gasteiger partial charge on any atom is -0.458 e. The molecule has 2 nitrogen and oxygen atoms in total. The number of hydrogen-bond donors (Lipinski definition) is 0. The number of halogens is 1. The van der Waals surface area contributed by atoms with Gasteiger partial charge in [-0.15, -0.1) is 0 Å². The van der Waals surface area contributed by atoms with Crippen molar-refractivity contribution in [2.45, 2.75) is 0 Å². The molecule has 0 unspecified atom stereocenters. The van der Waals surface area contributed by atoms with Gasteiger partial charge in [0, 0.05) is 11.1 Å². The molecule has 0 saturated carbocycles. The molecule has 0 heterocycles. The zero-order chi connectivity index (χ0) is 14.9. The molecule has 0 saturated heterocycles. The number of ether oxygens (including phenoxy) is 1. The first-order valence-corrected chi connectivity index (χ1v) is 6.94. The molecule has 0 amide bonds. The van der Waals surface area contributed by atoms with Gasteiger partial charge in [0.1, 0.15) is 6.61 Å². The second-order valence-electron chi connectivity index (χ2n) is 4.33. The third-order valence-corrected chi connectivity index (χ3v) is 2.97. The summed E-state index contributed by atoms with van der Waals surface area (Å²) in [5.41, 5.74) is 1.97. The lowest BCUT2D eigenvalue weighted by atomic mass is 10.2. The maximum absolute atomic E-state index is 11.5. The Hall–Kier alpha value is -2.32. The van der Waals surface area contributed by atoms with Crippen molar-refractivity contribution in [1.82, 2.24) is 0 Å². The fourth-order valence-corrected chi connectivity index (χ4v) is 1.79. The van der Waals surface area contributed by atoms with Crippen LogP contribution < -0.4 is 0 Å². The maximum Gasteiger partial charge on any atom is 0.331 e. The van der Waals surface area contributed by atoms with E-state index in [9.17, 15) is 4.79 Å². The van der Waals surface area contributed by atoms with Crippen LogP contribution >= 0.6 is 11.6 Å². The number of hydrogen-bond acceptors (Lipinski definition) is 2. The minimum absolute atomic E-state index is 0.249. The summed E-state index contributed by atoms with van der Waals surface area (Å²) in [6, 6.07) is 17.1. The monoisotopic (exact) mass is 298 g/mol. The van der Waals surface area contributed by atoms with E-state index in [1.165, 1.54) is 6.08 Å². The molecule has 2 aromatic carbocycles. The fraction of sp³-hybridized carbons (Fsp3) is 0.0556. The molecule has 0 aromatic heterocycles. The average molecular weight is 299 g/mol. The van der Waals surface area contributed by atoms with Gasteiger partial charge >= 0.3 is 5.97 Å². The van der Waals surface area contributed by atoms with E-state index in [-0.39, 0.29) is 12.6 Å². The molecule has 2 aromatic rings. The first-order valence-electron chi connectivity index (χ1n) is 6.56.